The van der Waals surface area contributed by atoms with Gasteiger partial charge >= 0.3 is 0 Å². The molecule has 1 aliphatic rings. The minimum absolute atomic E-state index is 0.298. The highest BCUT2D eigenvalue weighted by Gasteiger charge is 2.27. The highest BCUT2D eigenvalue weighted by atomic mass is 35.5. The van der Waals surface area contributed by atoms with Gasteiger partial charge in [-0.25, -0.2) is 4.98 Å². The number of aromatic nitrogens is 2. The van der Waals surface area contributed by atoms with Crippen LogP contribution in [0.1, 0.15) is 23.4 Å². The molecule has 0 aliphatic carbocycles. The molecule has 6 heteroatoms. The summed E-state index contributed by atoms with van der Waals surface area (Å²) in [7, 11) is 1.81. The number of nitrogens with one attached hydrogen (secondary N) is 1. The Bertz CT molecular complexity index is 598. The van der Waals surface area contributed by atoms with Crippen molar-refractivity contribution in [2.45, 2.75) is 19.4 Å². The lowest BCUT2D eigenvalue weighted by atomic mass is 10.0. The normalized spacial score (nSPS) is 18.3. The highest BCUT2D eigenvalue weighted by molar-refractivity contribution is 7.10. The lowest BCUT2D eigenvalue weighted by molar-refractivity contribution is 0.624. The van der Waals surface area contributed by atoms with Crippen LogP contribution in [0.2, 0.25) is 5.02 Å². The highest BCUT2D eigenvalue weighted by Crippen LogP contribution is 2.37. The zero-order valence-corrected chi connectivity index (χ0v) is 12.4. The number of hydrogen-bond acceptors (Lipinski definition) is 5. The average molecular weight is 295 g/mol. The molecule has 1 unspecified atom stereocenters. The number of hydrogen-bond donors (Lipinski definition) is 1. The maximum Gasteiger partial charge on any atom is 0.224 e. The molecule has 0 fully saturated rings. The Labute approximate surface area is 121 Å². The van der Waals surface area contributed by atoms with Crippen LogP contribution in [0.3, 0.4) is 0 Å². The van der Waals surface area contributed by atoms with Crippen molar-refractivity contribution in [3.63, 3.8) is 0 Å². The van der Waals surface area contributed by atoms with Crippen LogP contribution in [0.15, 0.2) is 17.6 Å². The molecule has 0 amide bonds. The van der Waals surface area contributed by atoms with E-state index in [9.17, 15) is 0 Å². The summed E-state index contributed by atoms with van der Waals surface area (Å²) in [6, 6.07) is 2.50. The van der Waals surface area contributed by atoms with E-state index in [4.69, 9.17) is 11.6 Å². The Morgan fingerprint density at radius 3 is 3.16 bits per heavy atom. The van der Waals surface area contributed by atoms with Crippen LogP contribution in [-0.4, -0.2) is 23.6 Å². The quantitative estimate of drug-likeness (QED) is 0.922. The standard InChI is InChI=1S/C13H15ClN4S/c1-8-9-4-6-19-11(9)3-5-18(8)12-10(14)7-16-13(15-2)17-12/h4,6-8H,3,5H2,1-2H3,(H,15,16,17). The summed E-state index contributed by atoms with van der Waals surface area (Å²) in [5.41, 5.74) is 1.39. The van der Waals surface area contributed by atoms with Crippen LogP contribution in [0.25, 0.3) is 0 Å². The van der Waals surface area contributed by atoms with Crippen molar-refractivity contribution < 1.29 is 0 Å². The molecular weight excluding hydrogens is 280 g/mol. The number of nitrogens with zero attached hydrogens (tertiary/aromatic N) is 3. The summed E-state index contributed by atoms with van der Waals surface area (Å²) in [5, 5.41) is 5.72. The van der Waals surface area contributed by atoms with Crippen LogP contribution < -0.4 is 10.2 Å². The van der Waals surface area contributed by atoms with E-state index in [0.717, 1.165) is 18.8 Å². The van der Waals surface area contributed by atoms with Crippen molar-refractivity contribution in [2.24, 2.45) is 0 Å². The van der Waals surface area contributed by atoms with Crippen molar-refractivity contribution in [1.82, 2.24) is 9.97 Å². The molecule has 0 aromatic carbocycles. The Morgan fingerprint density at radius 1 is 1.53 bits per heavy atom. The van der Waals surface area contributed by atoms with Crippen molar-refractivity contribution in [2.75, 3.05) is 23.8 Å². The van der Waals surface area contributed by atoms with Crippen LogP contribution in [0.4, 0.5) is 11.8 Å². The van der Waals surface area contributed by atoms with Gasteiger partial charge in [0.2, 0.25) is 5.95 Å². The second-order valence-corrected chi connectivity index (χ2v) is 5.94. The van der Waals surface area contributed by atoms with E-state index < -0.39 is 0 Å². The number of thiophene rings is 1. The van der Waals surface area contributed by atoms with Gasteiger partial charge in [0.05, 0.1) is 12.2 Å². The van der Waals surface area contributed by atoms with E-state index in [1.165, 1.54) is 10.4 Å². The van der Waals surface area contributed by atoms with E-state index in [1.807, 2.05) is 18.4 Å². The van der Waals surface area contributed by atoms with Gasteiger partial charge in [-0.05, 0) is 30.4 Å². The van der Waals surface area contributed by atoms with Crippen molar-refractivity contribution in [3.8, 4) is 0 Å². The third kappa shape index (κ3) is 2.17. The third-order valence-electron chi connectivity index (χ3n) is 3.50. The predicted molar refractivity (Wildman–Crippen MR) is 80.4 cm³/mol. The molecule has 1 atom stereocenters. The molecule has 2 aromatic rings. The van der Waals surface area contributed by atoms with Crippen molar-refractivity contribution >= 4 is 34.7 Å². The molecule has 0 radical (unpaired) electrons. The van der Waals surface area contributed by atoms with Gasteiger partial charge in [0.1, 0.15) is 5.02 Å². The number of fused-ring (bicyclic) bond motifs is 1. The summed E-state index contributed by atoms with van der Waals surface area (Å²) in [5.74, 6) is 1.41. The minimum Gasteiger partial charge on any atom is -0.357 e. The van der Waals surface area contributed by atoms with Gasteiger partial charge in [-0.3, -0.25) is 0 Å². The van der Waals surface area contributed by atoms with E-state index in [1.54, 1.807) is 6.20 Å². The molecular formula is C13H15ClN4S. The van der Waals surface area contributed by atoms with E-state index >= 15 is 0 Å². The maximum atomic E-state index is 6.26. The topological polar surface area (TPSA) is 41.1 Å². The first-order chi connectivity index (χ1) is 9.20. The number of anilines is 2. The lowest BCUT2D eigenvalue weighted by Crippen LogP contribution is -2.34. The maximum absolute atomic E-state index is 6.26. The number of halogens is 1. The SMILES string of the molecule is CNc1ncc(Cl)c(N2CCc3sccc3C2C)n1. The molecule has 0 spiro atoms. The summed E-state index contributed by atoms with van der Waals surface area (Å²) < 4.78 is 0. The smallest absolute Gasteiger partial charge is 0.224 e. The van der Waals surface area contributed by atoms with Gasteiger partial charge in [0, 0.05) is 18.5 Å². The minimum atomic E-state index is 0.298. The van der Waals surface area contributed by atoms with Crippen LogP contribution in [0.5, 0.6) is 0 Å². The third-order valence-corrected chi connectivity index (χ3v) is 4.76. The van der Waals surface area contributed by atoms with Gasteiger partial charge in [-0.2, -0.15) is 4.98 Å². The molecule has 1 N–H and O–H groups in total. The average Bonchev–Trinajstić information content (AvgIpc) is 2.90. The molecule has 0 saturated carbocycles. The van der Waals surface area contributed by atoms with Crippen molar-refractivity contribution in [1.29, 1.82) is 0 Å². The zero-order valence-electron chi connectivity index (χ0n) is 10.9. The lowest BCUT2D eigenvalue weighted by Gasteiger charge is -2.35. The Kier molecular flexibility index (Phi) is 3.33. The second-order valence-electron chi connectivity index (χ2n) is 4.53. The molecule has 4 nitrogen and oxygen atoms in total. The van der Waals surface area contributed by atoms with Gasteiger partial charge < -0.3 is 10.2 Å². The molecule has 2 aromatic heterocycles. The summed E-state index contributed by atoms with van der Waals surface area (Å²) in [4.78, 5) is 12.4. The Balaban J connectivity index is 1.99. The first-order valence-electron chi connectivity index (χ1n) is 6.24. The van der Waals surface area contributed by atoms with Gasteiger partial charge in [0.15, 0.2) is 5.82 Å². The predicted octanol–water partition coefficient (Wildman–Crippen LogP) is 3.36. The summed E-state index contributed by atoms with van der Waals surface area (Å²) in [6.07, 6.45) is 2.71. The fraction of sp³-hybridized carbons (Fsp3) is 0.385. The van der Waals surface area contributed by atoms with Crippen LogP contribution in [-0.2, 0) is 6.42 Å². The fourth-order valence-corrected chi connectivity index (χ4v) is 3.64. The summed E-state index contributed by atoms with van der Waals surface area (Å²) in [6.45, 7) is 3.14. The Morgan fingerprint density at radius 2 is 2.37 bits per heavy atom. The van der Waals surface area contributed by atoms with E-state index in [2.05, 4.69) is 38.6 Å². The largest absolute Gasteiger partial charge is 0.357 e. The van der Waals surface area contributed by atoms with E-state index in [-0.39, 0.29) is 0 Å². The number of rotatable bonds is 2. The van der Waals surface area contributed by atoms with Crippen molar-refractivity contribution in [3.05, 3.63) is 33.1 Å². The molecule has 3 heterocycles. The molecule has 0 saturated heterocycles. The first-order valence-corrected chi connectivity index (χ1v) is 7.49. The molecule has 100 valence electrons. The molecule has 1 aliphatic heterocycles. The molecule has 0 bridgehead atoms. The molecule has 19 heavy (non-hydrogen) atoms. The van der Waals surface area contributed by atoms with E-state index in [0.29, 0.717) is 17.0 Å². The molecule has 3 rings (SSSR count). The zero-order chi connectivity index (χ0) is 13.4. The monoisotopic (exact) mass is 294 g/mol. The Hall–Kier alpha value is -1.33. The van der Waals surface area contributed by atoms with Crippen LogP contribution >= 0.6 is 22.9 Å². The summed E-state index contributed by atoms with van der Waals surface area (Å²) >= 11 is 8.09. The fourth-order valence-electron chi connectivity index (χ4n) is 2.48. The van der Waals surface area contributed by atoms with Gasteiger partial charge in [0.25, 0.3) is 0 Å². The first kappa shape index (κ1) is 12.7. The van der Waals surface area contributed by atoms with Gasteiger partial charge in [-0.1, -0.05) is 11.6 Å². The van der Waals surface area contributed by atoms with Gasteiger partial charge in [-0.15, -0.1) is 11.3 Å². The van der Waals surface area contributed by atoms with Crippen LogP contribution in [0, 0.1) is 0 Å². The second kappa shape index (κ2) is 4.98.